The molecule has 0 atom stereocenters. The molecule has 4 nitrogen and oxygen atoms in total. The normalized spacial score (nSPS) is 19.0. The van der Waals surface area contributed by atoms with E-state index in [1.165, 1.54) is 24.6 Å². The second-order valence-electron chi connectivity index (χ2n) is 6.57. The number of nitrogens with two attached hydrogens (primary N) is 1. The molecule has 0 aliphatic carbocycles. The summed E-state index contributed by atoms with van der Waals surface area (Å²) in [6.07, 6.45) is 3.40. The summed E-state index contributed by atoms with van der Waals surface area (Å²) in [5.74, 6) is -0.506. The summed E-state index contributed by atoms with van der Waals surface area (Å²) in [6, 6.07) is 4.00. The minimum absolute atomic E-state index is 0.104. The summed E-state index contributed by atoms with van der Waals surface area (Å²) in [6.45, 7) is 6.77. The van der Waals surface area contributed by atoms with Gasteiger partial charge in [0.1, 0.15) is 5.82 Å². The van der Waals surface area contributed by atoms with Gasteiger partial charge in [0.2, 0.25) is 5.91 Å². The molecule has 0 saturated carbocycles. The molecular formula is C16H24FN3O. The van der Waals surface area contributed by atoms with Gasteiger partial charge in [-0.1, -0.05) is 13.8 Å². The van der Waals surface area contributed by atoms with E-state index in [-0.39, 0.29) is 11.6 Å². The lowest BCUT2D eigenvalue weighted by Gasteiger charge is -2.23. The largest absolute Gasteiger partial charge is 0.397 e. The second kappa shape index (κ2) is 6.43. The smallest absolute Gasteiger partial charge is 0.238 e. The Kier molecular flexibility index (Phi) is 4.83. The highest BCUT2D eigenvalue weighted by atomic mass is 19.1. The van der Waals surface area contributed by atoms with Gasteiger partial charge in [0.25, 0.3) is 0 Å². The molecule has 0 spiro atoms. The quantitative estimate of drug-likeness (QED) is 0.843. The summed E-state index contributed by atoms with van der Waals surface area (Å²) in [5.41, 5.74) is 6.77. The molecule has 116 valence electrons. The van der Waals surface area contributed by atoms with Crippen LogP contribution in [0.25, 0.3) is 0 Å². The maximum atomic E-state index is 13.0. The molecule has 1 aliphatic rings. The van der Waals surface area contributed by atoms with Gasteiger partial charge in [-0.3, -0.25) is 9.69 Å². The highest BCUT2D eigenvalue weighted by Crippen LogP contribution is 2.29. The highest BCUT2D eigenvalue weighted by Gasteiger charge is 2.24. The zero-order chi connectivity index (χ0) is 15.5. The van der Waals surface area contributed by atoms with Crippen LogP contribution >= 0.6 is 0 Å². The molecule has 3 N–H and O–H groups in total. The van der Waals surface area contributed by atoms with Crippen LogP contribution in [-0.2, 0) is 4.79 Å². The Balaban J connectivity index is 1.89. The average Bonchev–Trinajstić information content (AvgIpc) is 2.54. The lowest BCUT2D eigenvalue weighted by molar-refractivity contribution is -0.117. The van der Waals surface area contributed by atoms with Crippen molar-refractivity contribution in [1.29, 1.82) is 0 Å². The van der Waals surface area contributed by atoms with Gasteiger partial charge in [-0.2, -0.15) is 0 Å². The van der Waals surface area contributed by atoms with Crippen LogP contribution in [0.3, 0.4) is 0 Å². The number of rotatable bonds is 3. The summed E-state index contributed by atoms with van der Waals surface area (Å²) in [7, 11) is 0. The Morgan fingerprint density at radius 1 is 1.38 bits per heavy atom. The predicted octanol–water partition coefficient (Wildman–Crippen LogP) is 2.86. The second-order valence-corrected chi connectivity index (χ2v) is 6.57. The number of carbonyl (C=O) groups excluding carboxylic acids is 1. The topological polar surface area (TPSA) is 58.4 Å². The van der Waals surface area contributed by atoms with Crippen molar-refractivity contribution in [2.24, 2.45) is 5.41 Å². The van der Waals surface area contributed by atoms with Crippen LogP contribution in [0.4, 0.5) is 15.8 Å². The van der Waals surface area contributed by atoms with E-state index in [1.54, 1.807) is 0 Å². The van der Waals surface area contributed by atoms with Crippen LogP contribution in [0.5, 0.6) is 0 Å². The number of hydrogen-bond donors (Lipinski definition) is 2. The molecule has 5 heteroatoms. The molecule has 1 fully saturated rings. The van der Waals surface area contributed by atoms with E-state index < -0.39 is 5.82 Å². The summed E-state index contributed by atoms with van der Waals surface area (Å²) in [5, 5.41) is 2.75. The van der Waals surface area contributed by atoms with Crippen LogP contribution in [0.15, 0.2) is 18.2 Å². The average molecular weight is 293 g/mol. The minimum Gasteiger partial charge on any atom is -0.397 e. The molecule has 21 heavy (non-hydrogen) atoms. The number of nitrogens with zero attached hydrogens (tertiary/aromatic N) is 1. The molecule has 1 amide bonds. The predicted molar refractivity (Wildman–Crippen MR) is 83.5 cm³/mol. The first-order chi connectivity index (χ1) is 9.85. The van der Waals surface area contributed by atoms with Crippen molar-refractivity contribution in [3.8, 4) is 0 Å². The van der Waals surface area contributed by atoms with E-state index in [1.807, 2.05) is 0 Å². The van der Waals surface area contributed by atoms with Gasteiger partial charge in [0.05, 0.1) is 17.9 Å². The Morgan fingerprint density at radius 2 is 2.14 bits per heavy atom. The van der Waals surface area contributed by atoms with Crippen molar-refractivity contribution < 1.29 is 9.18 Å². The van der Waals surface area contributed by atoms with E-state index in [0.717, 1.165) is 25.9 Å². The third kappa shape index (κ3) is 4.70. The third-order valence-electron chi connectivity index (χ3n) is 4.09. The number of nitrogens with one attached hydrogen (secondary N) is 1. The number of halogens is 1. The molecule has 1 aliphatic heterocycles. The minimum atomic E-state index is -0.403. The molecule has 1 aromatic rings. The first-order valence-corrected chi connectivity index (χ1v) is 7.43. The molecule has 1 aromatic carbocycles. The van der Waals surface area contributed by atoms with Gasteiger partial charge in [-0.05, 0) is 56.0 Å². The Hall–Kier alpha value is -1.62. The van der Waals surface area contributed by atoms with Crippen LogP contribution < -0.4 is 11.1 Å². The Morgan fingerprint density at radius 3 is 2.86 bits per heavy atom. The number of nitrogen functional groups attached to an aromatic ring is 1. The lowest BCUT2D eigenvalue weighted by atomic mass is 9.85. The first-order valence-electron chi connectivity index (χ1n) is 7.43. The van der Waals surface area contributed by atoms with Crippen molar-refractivity contribution in [1.82, 2.24) is 4.90 Å². The molecule has 0 unspecified atom stereocenters. The number of amides is 1. The van der Waals surface area contributed by atoms with E-state index in [2.05, 4.69) is 24.1 Å². The summed E-state index contributed by atoms with van der Waals surface area (Å²) >= 11 is 0. The van der Waals surface area contributed by atoms with Crippen molar-refractivity contribution in [2.75, 3.05) is 30.7 Å². The summed E-state index contributed by atoms with van der Waals surface area (Å²) in [4.78, 5) is 14.3. The van der Waals surface area contributed by atoms with Gasteiger partial charge in [0, 0.05) is 0 Å². The van der Waals surface area contributed by atoms with Crippen molar-refractivity contribution in [3.05, 3.63) is 24.0 Å². The highest BCUT2D eigenvalue weighted by molar-refractivity contribution is 5.95. The van der Waals surface area contributed by atoms with Crippen LogP contribution in [0.2, 0.25) is 0 Å². The number of carbonyl (C=O) groups is 1. The maximum absolute atomic E-state index is 13.0. The molecule has 2 rings (SSSR count). The van der Waals surface area contributed by atoms with Crippen LogP contribution in [0.1, 0.15) is 33.1 Å². The number of benzene rings is 1. The fraction of sp³-hybridized carbons (Fsp3) is 0.562. The van der Waals surface area contributed by atoms with Crippen molar-refractivity contribution in [3.63, 3.8) is 0 Å². The zero-order valence-electron chi connectivity index (χ0n) is 12.8. The molecular weight excluding hydrogens is 269 g/mol. The fourth-order valence-corrected chi connectivity index (χ4v) is 2.68. The van der Waals surface area contributed by atoms with Crippen molar-refractivity contribution >= 4 is 17.3 Å². The van der Waals surface area contributed by atoms with Crippen LogP contribution in [0, 0.1) is 11.2 Å². The fourth-order valence-electron chi connectivity index (χ4n) is 2.68. The zero-order valence-corrected chi connectivity index (χ0v) is 12.8. The number of anilines is 2. The number of hydrogen-bond acceptors (Lipinski definition) is 3. The van der Waals surface area contributed by atoms with Gasteiger partial charge in [-0.25, -0.2) is 4.39 Å². The lowest BCUT2D eigenvalue weighted by Crippen LogP contribution is -2.34. The Labute approximate surface area is 125 Å². The van der Waals surface area contributed by atoms with Crippen LogP contribution in [-0.4, -0.2) is 30.4 Å². The van der Waals surface area contributed by atoms with E-state index in [4.69, 9.17) is 5.73 Å². The SMILES string of the molecule is CC1(C)CCCN(CC(=O)Nc2ccc(F)cc2N)CC1. The van der Waals surface area contributed by atoms with Gasteiger partial charge in [0.15, 0.2) is 0 Å². The van der Waals surface area contributed by atoms with Gasteiger partial charge >= 0.3 is 0 Å². The molecule has 1 heterocycles. The molecule has 1 saturated heterocycles. The first kappa shape index (κ1) is 15.8. The summed E-state index contributed by atoms with van der Waals surface area (Å²) < 4.78 is 13.0. The standard InChI is InChI=1S/C16H24FN3O/c1-16(2)6-3-8-20(9-7-16)11-15(21)19-14-5-4-12(17)10-13(14)18/h4-5,10H,3,6-9,11,18H2,1-2H3,(H,19,21). The molecule has 0 bridgehead atoms. The third-order valence-corrected chi connectivity index (χ3v) is 4.09. The van der Waals surface area contributed by atoms with E-state index in [9.17, 15) is 9.18 Å². The van der Waals surface area contributed by atoms with Gasteiger partial charge < -0.3 is 11.1 Å². The molecule has 0 radical (unpaired) electrons. The molecule has 0 aromatic heterocycles. The number of likely N-dealkylation sites (tertiary alicyclic amines) is 1. The van der Waals surface area contributed by atoms with Gasteiger partial charge in [-0.15, -0.1) is 0 Å². The maximum Gasteiger partial charge on any atom is 0.238 e. The van der Waals surface area contributed by atoms with Crippen molar-refractivity contribution in [2.45, 2.75) is 33.1 Å². The van der Waals surface area contributed by atoms with E-state index in [0.29, 0.717) is 17.6 Å². The van der Waals surface area contributed by atoms with E-state index >= 15 is 0 Å². The Bertz CT molecular complexity index is 516. The monoisotopic (exact) mass is 293 g/mol.